The highest BCUT2D eigenvalue weighted by atomic mass is 32.2. The monoisotopic (exact) mass is 211 g/mol. The molecular formula is C6H2F3O3S. The van der Waals surface area contributed by atoms with Crippen LogP contribution in [-0.4, -0.2) is 8.42 Å². The Balaban J connectivity index is 3.53. The Bertz CT molecular complexity index is 441. The second-order valence-electron chi connectivity index (χ2n) is 2.13. The maximum absolute atomic E-state index is 12.6. The fraction of sp³-hybridized carbons (Fsp3) is 0. The van der Waals surface area contributed by atoms with Gasteiger partial charge in [0.25, 0.3) is 0 Å². The van der Waals surface area contributed by atoms with Gasteiger partial charge in [-0.3, -0.25) is 0 Å². The van der Waals surface area contributed by atoms with E-state index >= 15 is 0 Å². The molecule has 0 aliphatic heterocycles. The summed E-state index contributed by atoms with van der Waals surface area (Å²) in [5, 5.41) is 0. The van der Waals surface area contributed by atoms with E-state index in [2.05, 4.69) is 0 Å². The average Bonchev–Trinajstić information content (AvgIpc) is 1.98. The van der Waals surface area contributed by atoms with Crippen LogP contribution >= 0.6 is 0 Å². The highest BCUT2D eigenvalue weighted by Crippen LogP contribution is 2.19. The zero-order chi connectivity index (χ0) is 10.2. The molecule has 0 spiro atoms. The summed E-state index contributed by atoms with van der Waals surface area (Å²) in [6.45, 7) is 0. The summed E-state index contributed by atoms with van der Waals surface area (Å²) in [6, 6.07) is 0.735. The van der Waals surface area contributed by atoms with E-state index in [1.165, 1.54) is 0 Å². The first kappa shape index (κ1) is 10.0. The highest BCUT2D eigenvalue weighted by molar-refractivity contribution is 7.85. The molecule has 0 heterocycles. The Kier molecular flexibility index (Phi) is 2.31. The molecule has 1 aromatic carbocycles. The first-order valence-electron chi connectivity index (χ1n) is 2.93. The maximum Gasteiger partial charge on any atom is 0.327 e. The molecule has 0 unspecified atom stereocenters. The third-order valence-electron chi connectivity index (χ3n) is 1.27. The number of rotatable bonds is 1. The van der Waals surface area contributed by atoms with Crippen molar-refractivity contribution in [2.24, 2.45) is 0 Å². The van der Waals surface area contributed by atoms with Gasteiger partial charge in [-0.25, -0.2) is 13.2 Å². The molecule has 0 fully saturated rings. The summed E-state index contributed by atoms with van der Waals surface area (Å²) in [7, 11) is -5.10. The van der Waals surface area contributed by atoms with Crippen molar-refractivity contribution in [3.63, 3.8) is 0 Å². The minimum Gasteiger partial charge on any atom is -0.204 e. The van der Waals surface area contributed by atoms with Crippen LogP contribution in [0.15, 0.2) is 17.0 Å². The Morgan fingerprint density at radius 3 is 2.00 bits per heavy atom. The molecule has 3 nitrogen and oxygen atoms in total. The lowest BCUT2D eigenvalue weighted by Crippen LogP contribution is -2.03. The molecule has 0 atom stereocenters. The topological polar surface area (TPSA) is 54.0 Å². The average molecular weight is 211 g/mol. The van der Waals surface area contributed by atoms with Gasteiger partial charge in [-0.1, -0.05) is 4.55 Å². The molecule has 0 saturated heterocycles. The van der Waals surface area contributed by atoms with Crippen molar-refractivity contribution in [2.45, 2.75) is 4.90 Å². The lowest BCUT2D eigenvalue weighted by molar-refractivity contribution is 0.395. The molecule has 0 amide bonds. The number of halogens is 3. The molecule has 0 aliphatic carbocycles. The molecule has 0 saturated carbocycles. The van der Waals surface area contributed by atoms with Gasteiger partial charge in [-0.05, 0) is 12.1 Å². The van der Waals surface area contributed by atoms with E-state index < -0.39 is 32.5 Å². The van der Waals surface area contributed by atoms with Crippen molar-refractivity contribution < 1.29 is 26.1 Å². The summed E-state index contributed by atoms with van der Waals surface area (Å²) >= 11 is 0. The lowest BCUT2D eigenvalue weighted by Gasteiger charge is -1.98. The van der Waals surface area contributed by atoms with Gasteiger partial charge >= 0.3 is 10.1 Å². The summed E-state index contributed by atoms with van der Waals surface area (Å²) in [4.78, 5) is -1.40. The van der Waals surface area contributed by atoms with E-state index in [-0.39, 0.29) is 0 Å². The molecule has 13 heavy (non-hydrogen) atoms. The summed E-state index contributed by atoms with van der Waals surface area (Å²) in [5.74, 6) is -5.52. The molecule has 1 radical (unpaired) electrons. The molecule has 71 valence electrons. The minimum atomic E-state index is -5.10. The standard InChI is InChI=1S/C6H2F3O3S/c7-3-1-2-4(13(10,11)12)6(9)5(3)8/h1-2H. The van der Waals surface area contributed by atoms with Crippen molar-refractivity contribution in [3.05, 3.63) is 29.6 Å². The number of hydrogen-bond acceptors (Lipinski definition) is 2. The van der Waals surface area contributed by atoms with Gasteiger partial charge < -0.3 is 0 Å². The van der Waals surface area contributed by atoms with E-state index in [0.717, 1.165) is 0 Å². The van der Waals surface area contributed by atoms with Crippen molar-refractivity contribution in [1.29, 1.82) is 0 Å². The summed E-state index contributed by atoms with van der Waals surface area (Å²) in [6.07, 6.45) is 0. The molecular weight excluding hydrogens is 209 g/mol. The van der Waals surface area contributed by atoms with E-state index in [1.807, 2.05) is 0 Å². The van der Waals surface area contributed by atoms with Crippen LogP contribution in [0.5, 0.6) is 0 Å². The first-order valence-corrected chi connectivity index (χ1v) is 4.34. The molecule has 0 N–H and O–H groups in total. The van der Waals surface area contributed by atoms with Gasteiger partial charge in [0.15, 0.2) is 17.5 Å². The van der Waals surface area contributed by atoms with Gasteiger partial charge in [-0.2, -0.15) is 8.42 Å². The molecule has 0 aromatic heterocycles. The second-order valence-corrected chi connectivity index (χ2v) is 3.48. The Morgan fingerprint density at radius 2 is 1.54 bits per heavy atom. The predicted octanol–water partition coefficient (Wildman–Crippen LogP) is 1.22. The van der Waals surface area contributed by atoms with Crippen LogP contribution in [-0.2, 0) is 14.7 Å². The van der Waals surface area contributed by atoms with Crippen LogP contribution in [0, 0.1) is 17.5 Å². The maximum atomic E-state index is 12.6. The van der Waals surface area contributed by atoms with Gasteiger partial charge in [0.2, 0.25) is 0 Å². The quantitative estimate of drug-likeness (QED) is 0.656. The summed E-state index contributed by atoms with van der Waals surface area (Å²) < 4.78 is 67.9. The third-order valence-corrected chi connectivity index (χ3v) is 2.12. The molecule has 1 aromatic rings. The normalized spacial score (nSPS) is 11.7. The molecule has 1 rings (SSSR count). The zero-order valence-electron chi connectivity index (χ0n) is 5.92. The van der Waals surface area contributed by atoms with Crippen molar-refractivity contribution in [2.75, 3.05) is 0 Å². The SMILES string of the molecule is [O]S(=O)(=O)c1ccc(F)c(F)c1F. The van der Waals surface area contributed by atoms with E-state index in [0.29, 0.717) is 12.1 Å². The number of hydrogen-bond donors (Lipinski definition) is 0. The third kappa shape index (κ3) is 1.81. The van der Waals surface area contributed by atoms with Crippen molar-refractivity contribution in [1.82, 2.24) is 0 Å². The van der Waals surface area contributed by atoms with Gasteiger partial charge in [0, 0.05) is 0 Å². The second kappa shape index (κ2) is 3.00. The van der Waals surface area contributed by atoms with E-state index in [4.69, 9.17) is 0 Å². The van der Waals surface area contributed by atoms with Crippen LogP contribution in [0.4, 0.5) is 13.2 Å². The fourth-order valence-corrected chi connectivity index (χ4v) is 1.25. The lowest BCUT2D eigenvalue weighted by atomic mass is 10.3. The van der Waals surface area contributed by atoms with Gasteiger partial charge in [0.1, 0.15) is 4.90 Å². The summed E-state index contributed by atoms with van der Waals surface area (Å²) in [5.41, 5.74) is 0. The van der Waals surface area contributed by atoms with Crippen LogP contribution in [0.1, 0.15) is 0 Å². The molecule has 0 aliphatic rings. The van der Waals surface area contributed by atoms with Crippen LogP contribution in [0.3, 0.4) is 0 Å². The Hall–Kier alpha value is -1.08. The van der Waals surface area contributed by atoms with E-state index in [9.17, 15) is 26.1 Å². The van der Waals surface area contributed by atoms with Crippen molar-refractivity contribution >= 4 is 10.1 Å². The molecule has 7 heteroatoms. The van der Waals surface area contributed by atoms with Crippen molar-refractivity contribution in [3.8, 4) is 0 Å². The van der Waals surface area contributed by atoms with Crippen LogP contribution in [0.25, 0.3) is 0 Å². The first-order chi connectivity index (χ1) is 5.84. The predicted molar refractivity (Wildman–Crippen MR) is 34.2 cm³/mol. The smallest absolute Gasteiger partial charge is 0.204 e. The largest absolute Gasteiger partial charge is 0.327 e. The van der Waals surface area contributed by atoms with Gasteiger partial charge in [0.05, 0.1) is 0 Å². The fourth-order valence-electron chi connectivity index (χ4n) is 0.701. The minimum absolute atomic E-state index is 0.364. The Labute approximate surface area is 71.6 Å². The van der Waals surface area contributed by atoms with Crippen LogP contribution in [0.2, 0.25) is 0 Å². The number of benzene rings is 1. The molecule has 0 bridgehead atoms. The van der Waals surface area contributed by atoms with E-state index in [1.54, 1.807) is 0 Å². The van der Waals surface area contributed by atoms with Gasteiger partial charge in [-0.15, -0.1) is 0 Å². The van der Waals surface area contributed by atoms with Crippen LogP contribution < -0.4 is 0 Å². The highest BCUT2D eigenvalue weighted by Gasteiger charge is 2.22. The Morgan fingerprint density at radius 1 is 1.00 bits per heavy atom. The zero-order valence-corrected chi connectivity index (χ0v) is 6.74.